The molecular formula is C27H33ClN4O4S3. The summed E-state index contributed by atoms with van der Waals surface area (Å²) in [6, 6.07) is 5.76. The molecule has 1 saturated carbocycles. The predicted molar refractivity (Wildman–Crippen MR) is 162 cm³/mol. The Balaban J connectivity index is 1.23. The molecular weight excluding hydrogens is 576 g/mol. The van der Waals surface area contributed by atoms with Crippen LogP contribution in [0.3, 0.4) is 0 Å². The van der Waals surface area contributed by atoms with Crippen molar-refractivity contribution in [1.29, 1.82) is 0 Å². The lowest BCUT2D eigenvalue weighted by molar-refractivity contribution is -0.122. The molecule has 0 radical (unpaired) electrons. The van der Waals surface area contributed by atoms with Gasteiger partial charge in [0, 0.05) is 25.3 Å². The number of aryl methyl sites for hydroxylation is 1. The van der Waals surface area contributed by atoms with Gasteiger partial charge in [-0.15, -0.1) is 21.8 Å². The monoisotopic (exact) mass is 608 g/mol. The molecule has 2 fully saturated rings. The van der Waals surface area contributed by atoms with Crippen LogP contribution in [0.15, 0.2) is 23.1 Å². The van der Waals surface area contributed by atoms with E-state index in [4.69, 9.17) is 33.3 Å². The van der Waals surface area contributed by atoms with E-state index in [2.05, 4.69) is 15.5 Å². The van der Waals surface area contributed by atoms with E-state index in [0.29, 0.717) is 51.8 Å². The molecule has 1 aliphatic heterocycles. The normalized spacial score (nSPS) is 17.2. The van der Waals surface area contributed by atoms with Crippen molar-refractivity contribution in [3.8, 4) is 11.5 Å². The summed E-state index contributed by atoms with van der Waals surface area (Å²) in [4.78, 5) is 27.4. The molecule has 1 aromatic carbocycles. The summed E-state index contributed by atoms with van der Waals surface area (Å²) >= 11 is 13.8. The number of benzene rings is 1. The maximum Gasteiger partial charge on any atom is 0.266 e. The van der Waals surface area contributed by atoms with Gasteiger partial charge in [0.15, 0.2) is 11.5 Å². The number of hydrogen-bond acceptors (Lipinski definition) is 9. The Bertz CT molecular complexity index is 1200. The Kier molecular flexibility index (Phi) is 11.4. The Morgan fingerprint density at radius 2 is 2.03 bits per heavy atom. The highest BCUT2D eigenvalue weighted by molar-refractivity contribution is 8.26. The number of amides is 2. The maximum atomic E-state index is 13.0. The SMILES string of the molecule is COc1cc(/C=C2\SC(=S)N(CCCCCC(=O)Nc3nnc(CCCl)s3)C2=O)ccc1OC1CCCCC1. The van der Waals surface area contributed by atoms with Crippen molar-refractivity contribution in [2.75, 3.05) is 24.9 Å². The number of anilines is 1. The van der Waals surface area contributed by atoms with Crippen LogP contribution >= 0.6 is 46.9 Å². The summed E-state index contributed by atoms with van der Waals surface area (Å²) < 4.78 is 12.3. The minimum atomic E-state index is -0.0947. The van der Waals surface area contributed by atoms with E-state index in [-0.39, 0.29) is 17.9 Å². The van der Waals surface area contributed by atoms with Crippen LogP contribution in [-0.4, -0.2) is 56.9 Å². The predicted octanol–water partition coefficient (Wildman–Crippen LogP) is 6.44. The van der Waals surface area contributed by atoms with Gasteiger partial charge < -0.3 is 14.8 Å². The Morgan fingerprint density at radius 1 is 1.21 bits per heavy atom. The second kappa shape index (κ2) is 15.0. The summed E-state index contributed by atoms with van der Waals surface area (Å²) in [6.45, 7) is 0.527. The smallest absolute Gasteiger partial charge is 0.266 e. The van der Waals surface area contributed by atoms with E-state index in [1.54, 1.807) is 12.0 Å². The third-order valence-electron chi connectivity index (χ3n) is 6.51. The highest BCUT2D eigenvalue weighted by atomic mass is 35.5. The van der Waals surface area contributed by atoms with Crippen LogP contribution in [0.4, 0.5) is 5.13 Å². The van der Waals surface area contributed by atoms with Crippen molar-refractivity contribution in [1.82, 2.24) is 15.1 Å². The number of ether oxygens (including phenoxy) is 2. The van der Waals surface area contributed by atoms with E-state index < -0.39 is 0 Å². The fourth-order valence-electron chi connectivity index (χ4n) is 4.48. The molecule has 1 saturated heterocycles. The molecule has 1 aromatic heterocycles. The Morgan fingerprint density at radius 3 is 2.79 bits per heavy atom. The van der Waals surface area contributed by atoms with Crippen molar-refractivity contribution in [3.63, 3.8) is 0 Å². The van der Waals surface area contributed by atoms with E-state index in [1.165, 1.54) is 42.4 Å². The highest BCUT2D eigenvalue weighted by Gasteiger charge is 2.31. The van der Waals surface area contributed by atoms with Crippen LogP contribution in [0.1, 0.15) is 68.4 Å². The molecule has 1 aliphatic carbocycles. The number of nitrogens with zero attached hydrogens (tertiary/aromatic N) is 3. The minimum Gasteiger partial charge on any atom is -0.493 e. The van der Waals surface area contributed by atoms with Crippen molar-refractivity contribution in [2.45, 2.75) is 70.3 Å². The zero-order valence-electron chi connectivity index (χ0n) is 21.9. The van der Waals surface area contributed by atoms with Gasteiger partial charge in [0.25, 0.3) is 5.91 Å². The van der Waals surface area contributed by atoms with Crippen molar-refractivity contribution < 1.29 is 19.1 Å². The lowest BCUT2D eigenvalue weighted by Crippen LogP contribution is -2.29. The molecule has 2 amide bonds. The first-order chi connectivity index (χ1) is 19.0. The van der Waals surface area contributed by atoms with E-state index in [1.807, 2.05) is 24.3 Å². The van der Waals surface area contributed by atoms with Gasteiger partial charge in [0.05, 0.1) is 18.1 Å². The molecule has 2 heterocycles. The number of hydrogen-bond donors (Lipinski definition) is 1. The van der Waals surface area contributed by atoms with Crippen LogP contribution in [-0.2, 0) is 16.0 Å². The molecule has 210 valence electrons. The first-order valence-electron chi connectivity index (χ1n) is 13.2. The van der Waals surface area contributed by atoms with Crippen molar-refractivity contribution >= 4 is 74.3 Å². The fraction of sp³-hybridized carbons (Fsp3) is 0.519. The van der Waals surface area contributed by atoms with Crippen molar-refractivity contribution in [3.05, 3.63) is 33.7 Å². The molecule has 0 spiro atoms. The zero-order chi connectivity index (χ0) is 27.6. The number of aromatic nitrogens is 2. The lowest BCUT2D eigenvalue weighted by Gasteiger charge is -2.24. The highest BCUT2D eigenvalue weighted by Crippen LogP contribution is 2.36. The van der Waals surface area contributed by atoms with E-state index in [9.17, 15) is 9.59 Å². The second-order valence-corrected chi connectivity index (χ2v) is 12.5. The number of methoxy groups -OCH3 is 1. The number of halogens is 1. The number of unbranched alkanes of at least 4 members (excludes halogenated alkanes) is 2. The lowest BCUT2D eigenvalue weighted by atomic mass is 9.98. The first kappa shape index (κ1) is 29.8. The van der Waals surface area contributed by atoms with Gasteiger partial charge in [-0.3, -0.25) is 14.5 Å². The van der Waals surface area contributed by atoms with E-state index >= 15 is 0 Å². The first-order valence-corrected chi connectivity index (χ1v) is 15.8. The third kappa shape index (κ3) is 8.64. The van der Waals surface area contributed by atoms with Gasteiger partial charge in [-0.2, -0.15) is 0 Å². The van der Waals surface area contributed by atoms with Crippen LogP contribution in [0.2, 0.25) is 0 Å². The summed E-state index contributed by atoms with van der Waals surface area (Å²) in [7, 11) is 1.63. The standard InChI is InChI=1S/C27H33ClN4O4S3/c1-35-21-16-18(11-12-20(21)36-19-8-4-2-5-9-19)17-22-25(34)32(27(37)38-22)15-7-3-6-10-23(33)29-26-31-30-24(39-26)13-14-28/h11-12,16-17,19H,2-10,13-15H2,1H3,(H,29,31,33)/b22-17-. The van der Waals surface area contributed by atoms with Gasteiger partial charge in [-0.25, -0.2) is 0 Å². The molecule has 12 heteroatoms. The molecule has 2 aromatic rings. The summed E-state index contributed by atoms with van der Waals surface area (Å²) in [5.41, 5.74) is 0.861. The Labute approximate surface area is 247 Å². The quantitative estimate of drug-likeness (QED) is 0.120. The van der Waals surface area contributed by atoms with Crippen LogP contribution in [0.5, 0.6) is 11.5 Å². The van der Waals surface area contributed by atoms with Gasteiger partial charge in [-0.1, -0.05) is 54.2 Å². The Hall–Kier alpha value is -2.21. The molecule has 39 heavy (non-hydrogen) atoms. The van der Waals surface area contributed by atoms with Gasteiger partial charge in [-0.05, 0) is 62.3 Å². The van der Waals surface area contributed by atoms with Crippen LogP contribution < -0.4 is 14.8 Å². The number of thioether (sulfide) groups is 1. The number of carbonyl (C=O) groups excluding carboxylic acids is 2. The maximum absolute atomic E-state index is 13.0. The topological polar surface area (TPSA) is 93.6 Å². The number of thiocarbonyl (C=S) groups is 1. The number of alkyl halides is 1. The number of rotatable bonds is 13. The third-order valence-corrected chi connectivity index (χ3v) is 8.98. The largest absolute Gasteiger partial charge is 0.493 e. The van der Waals surface area contributed by atoms with Crippen LogP contribution in [0, 0.1) is 0 Å². The van der Waals surface area contributed by atoms with Gasteiger partial charge >= 0.3 is 0 Å². The second-order valence-electron chi connectivity index (χ2n) is 9.42. The number of nitrogens with one attached hydrogen (secondary N) is 1. The minimum absolute atomic E-state index is 0.0896. The average Bonchev–Trinajstić information content (AvgIpc) is 3.48. The summed E-state index contributed by atoms with van der Waals surface area (Å²) in [6.07, 6.45) is 11.2. The summed E-state index contributed by atoms with van der Waals surface area (Å²) in [5, 5.41) is 12.0. The zero-order valence-corrected chi connectivity index (χ0v) is 25.2. The molecule has 0 atom stereocenters. The fourth-order valence-corrected chi connectivity index (χ4v) is 6.83. The average molecular weight is 609 g/mol. The molecule has 0 bridgehead atoms. The molecule has 0 unspecified atom stereocenters. The molecule has 1 N–H and O–H groups in total. The van der Waals surface area contributed by atoms with Crippen LogP contribution in [0.25, 0.3) is 6.08 Å². The summed E-state index contributed by atoms with van der Waals surface area (Å²) in [5.74, 6) is 1.69. The van der Waals surface area contributed by atoms with Gasteiger partial charge in [0.1, 0.15) is 9.33 Å². The van der Waals surface area contributed by atoms with Crippen molar-refractivity contribution in [2.24, 2.45) is 0 Å². The molecule has 8 nitrogen and oxygen atoms in total. The van der Waals surface area contributed by atoms with E-state index in [0.717, 1.165) is 42.0 Å². The number of carbonyl (C=O) groups is 2. The molecule has 2 aliphatic rings. The van der Waals surface area contributed by atoms with Gasteiger partial charge in [0.2, 0.25) is 11.0 Å². The molecule has 4 rings (SSSR count).